The number of nitrogens with zero attached hydrogens (tertiary/aromatic N) is 3. The molecule has 2 aromatic carbocycles. The van der Waals surface area contributed by atoms with E-state index in [9.17, 15) is 0 Å². The molecule has 3 heteroatoms. The highest BCUT2D eigenvalue weighted by Gasteiger charge is 2.44. The molecule has 2 aromatic rings. The Morgan fingerprint density at radius 1 is 0.875 bits per heavy atom. The molecule has 24 heavy (non-hydrogen) atoms. The Morgan fingerprint density at radius 2 is 1.54 bits per heavy atom. The van der Waals surface area contributed by atoms with Gasteiger partial charge in [-0.1, -0.05) is 73.5 Å². The summed E-state index contributed by atoms with van der Waals surface area (Å²) in [5.41, 5.74) is 3.99. The van der Waals surface area contributed by atoms with Crippen LogP contribution < -0.4 is 0 Å². The van der Waals surface area contributed by atoms with E-state index < -0.39 is 0 Å². The van der Waals surface area contributed by atoms with Gasteiger partial charge in [0.2, 0.25) is 0 Å². The highest BCUT2D eigenvalue weighted by Crippen LogP contribution is 2.45. The molecule has 1 aliphatic heterocycles. The first-order chi connectivity index (χ1) is 11.9. The van der Waals surface area contributed by atoms with E-state index in [1.807, 2.05) is 0 Å². The predicted molar refractivity (Wildman–Crippen MR) is 97.4 cm³/mol. The van der Waals surface area contributed by atoms with E-state index in [1.54, 1.807) is 0 Å². The molecule has 0 saturated heterocycles. The van der Waals surface area contributed by atoms with Crippen molar-refractivity contribution in [2.45, 2.75) is 50.0 Å². The molecule has 1 heterocycles. The zero-order valence-corrected chi connectivity index (χ0v) is 13.9. The summed E-state index contributed by atoms with van der Waals surface area (Å²) in [7, 11) is 0. The maximum Gasteiger partial charge on any atom is 0.114 e. The van der Waals surface area contributed by atoms with Gasteiger partial charge in [-0.2, -0.15) is 5.11 Å². The molecule has 3 nitrogen and oxygen atoms in total. The molecule has 1 aliphatic carbocycles. The third-order valence-electron chi connectivity index (χ3n) is 5.48. The van der Waals surface area contributed by atoms with Gasteiger partial charge in [-0.3, -0.25) is 0 Å². The van der Waals surface area contributed by atoms with Gasteiger partial charge in [0.15, 0.2) is 0 Å². The Balaban J connectivity index is 1.57. The first-order valence-corrected chi connectivity index (χ1v) is 8.96. The van der Waals surface area contributed by atoms with Gasteiger partial charge in [-0.15, -0.1) is 5.10 Å². The van der Waals surface area contributed by atoms with Crippen molar-refractivity contribution in [3.63, 3.8) is 0 Å². The molecule has 1 fully saturated rings. The molecule has 4 rings (SSSR count). The minimum Gasteiger partial charge on any atom is -0.159 e. The van der Waals surface area contributed by atoms with Gasteiger partial charge < -0.3 is 0 Å². The van der Waals surface area contributed by atoms with Crippen molar-refractivity contribution in [2.75, 3.05) is 0 Å². The van der Waals surface area contributed by atoms with Crippen molar-refractivity contribution in [2.24, 2.45) is 15.4 Å². The smallest absolute Gasteiger partial charge is 0.114 e. The average molecular weight is 317 g/mol. The monoisotopic (exact) mass is 317 g/mol. The maximum absolute atomic E-state index is 4.53. The van der Waals surface area contributed by atoms with E-state index in [4.69, 9.17) is 0 Å². The lowest BCUT2D eigenvalue weighted by atomic mass is 9.72. The topological polar surface area (TPSA) is 37.1 Å². The third-order valence-corrected chi connectivity index (χ3v) is 5.48. The van der Waals surface area contributed by atoms with Gasteiger partial charge in [0, 0.05) is 5.41 Å². The summed E-state index contributed by atoms with van der Waals surface area (Å²) in [6.45, 7) is 0. The van der Waals surface area contributed by atoms with Crippen LogP contribution >= 0.6 is 0 Å². The van der Waals surface area contributed by atoms with Crippen LogP contribution in [0.15, 0.2) is 76.1 Å². The van der Waals surface area contributed by atoms with Crippen LogP contribution in [0.5, 0.6) is 0 Å². The third kappa shape index (κ3) is 2.79. The van der Waals surface area contributed by atoms with Crippen LogP contribution in [0.4, 0.5) is 0 Å². The lowest BCUT2D eigenvalue weighted by Crippen LogP contribution is -2.39. The molecule has 1 atom stereocenters. The molecule has 0 amide bonds. The van der Waals surface area contributed by atoms with E-state index in [0.717, 1.165) is 12.8 Å². The summed E-state index contributed by atoms with van der Waals surface area (Å²) in [5.74, 6) is 0. The fourth-order valence-corrected chi connectivity index (χ4v) is 4.24. The van der Waals surface area contributed by atoms with E-state index in [2.05, 4.69) is 76.1 Å². The van der Waals surface area contributed by atoms with Crippen molar-refractivity contribution in [1.82, 2.24) is 0 Å². The Kier molecular flexibility index (Phi) is 4.24. The summed E-state index contributed by atoms with van der Waals surface area (Å²) in [5, 5.41) is 13.1. The summed E-state index contributed by atoms with van der Waals surface area (Å²) in [6.07, 6.45) is 6.87. The summed E-state index contributed by atoms with van der Waals surface area (Å²) in [4.78, 5) is 0. The van der Waals surface area contributed by atoms with Gasteiger partial charge in [0.05, 0.1) is 5.71 Å². The fraction of sp³-hybridized carbons (Fsp3) is 0.381. The first kappa shape index (κ1) is 15.3. The van der Waals surface area contributed by atoms with Crippen LogP contribution in [-0.4, -0.2) is 11.8 Å². The minimum atomic E-state index is 0.0477. The molecule has 0 bridgehead atoms. The Labute approximate surface area is 143 Å². The van der Waals surface area contributed by atoms with E-state index in [-0.39, 0.29) is 11.5 Å². The SMILES string of the molecule is c1ccc(CCC2N=NN=C2C2(c3ccccc3)CCCC2)cc1. The van der Waals surface area contributed by atoms with Crippen LogP contribution in [0.25, 0.3) is 0 Å². The average Bonchev–Trinajstić information content (AvgIpc) is 3.31. The molecule has 122 valence electrons. The highest BCUT2D eigenvalue weighted by molar-refractivity contribution is 6.00. The van der Waals surface area contributed by atoms with E-state index >= 15 is 0 Å². The molecular weight excluding hydrogens is 294 g/mol. The number of rotatable bonds is 5. The second kappa shape index (κ2) is 6.68. The van der Waals surface area contributed by atoms with Crippen LogP contribution in [0.3, 0.4) is 0 Å². The van der Waals surface area contributed by atoms with E-state index in [1.165, 1.54) is 42.5 Å². The van der Waals surface area contributed by atoms with E-state index in [0.29, 0.717) is 0 Å². The van der Waals surface area contributed by atoms with Gasteiger partial charge in [-0.25, -0.2) is 0 Å². The molecule has 1 saturated carbocycles. The highest BCUT2D eigenvalue weighted by atomic mass is 15.4. The molecule has 1 unspecified atom stereocenters. The van der Waals surface area contributed by atoms with Crippen molar-refractivity contribution in [1.29, 1.82) is 0 Å². The molecule has 2 aliphatic rings. The molecular formula is C21H23N3. The Hall–Kier alpha value is -2.29. The maximum atomic E-state index is 4.53. The van der Waals surface area contributed by atoms with Crippen LogP contribution in [0.2, 0.25) is 0 Å². The minimum absolute atomic E-state index is 0.0477. The molecule has 0 aromatic heterocycles. The second-order valence-electron chi connectivity index (χ2n) is 6.89. The number of hydrogen-bond acceptors (Lipinski definition) is 3. The summed E-state index contributed by atoms with van der Waals surface area (Å²) < 4.78 is 0. The van der Waals surface area contributed by atoms with Gasteiger partial charge in [0.25, 0.3) is 0 Å². The van der Waals surface area contributed by atoms with Crippen LogP contribution in [0, 0.1) is 0 Å². The van der Waals surface area contributed by atoms with Gasteiger partial charge in [-0.05, 0) is 42.0 Å². The number of hydrogen-bond donors (Lipinski definition) is 0. The molecule has 0 radical (unpaired) electrons. The Morgan fingerprint density at radius 3 is 2.25 bits per heavy atom. The van der Waals surface area contributed by atoms with Crippen LogP contribution in [-0.2, 0) is 11.8 Å². The van der Waals surface area contributed by atoms with Gasteiger partial charge in [0.1, 0.15) is 6.04 Å². The molecule has 0 N–H and O–H groups in total. The largest absolute Gasteiger partial charge is 0.159 e. The van der Waals surface area contributed by atoms with Crippen molar-refractivity contribution in [3.8, 4) is 0 Å². The first-order valence-electron chi connectivity index (χ1n) is 8.96. The zero-order valence-electron chi connectivity index (χ0n) is 13.9. The quantitative estimate of drug-likeness (QED) is 0.715. The van der Waals surface area contributed by atoms with Crippen molar-refractivity contribution >= 4 is 5.71 Å². The zero-order chi connectivity index (χ0) is 16.2. The van der Waals surface area contributed by atoms with Gasteiger partial charge >= 0.3 is 0 Å². The molecule has 0 spiro atoms. The second-order valence-corrected chi connectivity index (χ2v) is 6.89. The lowest BCUT2D eigenvalue weighted by molar-refractivity contribution is 0.570. The standard InChI is InChI=1S/C21H23N3/c1-3-9-17(10-4-1)13-14-19-20(23-24-22-19)21(15-7-8-16-21)18-11-5-2-6-12-18/h1-6,9-12,19H,7-8,13-16H2. The number of benzene rings is 2. The summed E-state index contributed by atoms with van der Waals surface area (Å²) in [6, 6.07) is 21.6. The van der Waals surface area contributed by atoms with Crippen LogP contribution in [0.1, 0.15) is 43.2 Å². The van der Waals surface area contributed by atoms with Crippen molar-refractivity contribution in [3.05, 3.63) is 71.8 Å². The lowest BCUT2D eigenvalue weighted by Gasteiger charge is -2.31. The Bertz CT molecular complexity index is 728. The fourth-order valence-electron chi connectivity index (χ4n) is 4.24. The number of aryl methyl sites for hydroxylation is 1. The summed E-state index contributed by atoms with van der Waals surface area (Å²) >= 11 is 0. The van der Waals surface area contributed by atoms with Crippen molar-refractivity contribution < 1.29 is 0 Å². The predicted octanol–water partition coefficient (Wildman–Crippen LogP) is 5.32. The normalized spacial score (nSPS) is 21.8.